The van der Waals surface area contributed by atoms with Crippen LogP contribution < -0.4 is 0 Å². The number of hydrogen-bond donors (Lipinski definition) is 1. The standard InChI is InChI=1S/C13H25NO2/c1-3-5-10(2)13(15)12-8-14-7-4-6-11(14)9-16-12/h10-13,15H,3-9H2,1-2H3. The Kier molecular flexibility index (Phi) is 4.22. The lowest BCUT2D eigenvalue weighted by Crippen LogP contribution is -2.51. The first-order valence-corrected chi connectivity index (χ1v) is 6.76. The summed E-state index contributed by atoms with van der Waals surface area (Å²) < 4.78 is 5.83. The van der Waals surface area contributed by atoms with Crippen molar-refractivity contribution in [2.45, 2.75) is 57.8 Å². The Morgan fingerprint density at radius 1 is 1.50 bits per heavy atom. The molecule has 0 aromatic rings. The Balaban J connectivity index is 1.85. The van der Waals surface area contributed by atoms with Crippen molar-refractivity contribution in [2.75, 3.05) is 19.7 Å². The van der Waals surface area contributed by atoms with E-state index in [1.54, 1.807) is 0 Å². The Labute approximate surface area is 98.8 Å². The Bertz CT molecular complexity index is 222. The third-order valence-corrected chi connectivity index (χ3v) is 4.12. The largest absolute Gasteiger partial charge is 0.390 e. The number of hydrogen-bond acceptors (Lipinski definition) is 3. The molecular weight excluding hydrogens is 202 g/mol. The molecule has 3 nitrogen and oxygen atoms in total. The van der Waals surface area contributed by atoms with E-state index in [2.05, 4.69) is 18.7 Å². The van der Waals surface area contributed by atoms with Crippen LogP contribution in [-0.2, 0) is 4.74 Å². The second kappa shape index (κ2) is 5.48. The number of aliphatic hydroxyl groups excluding tert-OH is 1. The van der Waals surface area contributed by atoms with Crippen molar-refractivity contribution in [2.24, 2.45) is 5.92 Å². The van der Waals surface area contributed by atoms with Gasteiger partial charge in [0.15, 0.2) is 0 Å². The maximum Gasteiger partial charge on any atom is 0.0963 e. The zero-order valence-electron chi connectivity index (χ0n) is 10.6. The summed E-state index contributed by atoms with van der Waals surface area (Å²) in [6.45, 7) is 7.24. The lowest BCUT2D eigenvalue weighted by Gasteiger charge is -2.38. The molecular formula is C13H25NO2. The van der Waals surface area contributed by atoms with Crippen LogP contribution in [0.2, 0.25) is 0 Å². The highest BCUT2D eigenvalue weighted by atomic mass is 16.5. The van der Waals surface area contributed by atoms with Crippen molar-refractivity contribution in [3.63, 3.8) is 0 Å². The molecule has 2 aliphatic heterocycles. The second-order valence-corrected chi connectivity index (χ2v) is 5.42. The lowest BCUT2D eigenvalue weighted by atomic mass is 9.94. The van der Waals surface area contributed by atoms with Crippen LogP contribution in [0.4, 0.5) is 0 Å². The van der Waals surface area contributed by atoms with E-state index in [1.807, 2.05) is 0 Å². The molecule has 2 rings (SSSR count). The van der Waals surface area contributed by atoms with Crippen molar-refractivity contribution < 1.29 is 9.84 Å². The molecule has 2 saturated heterocycles. The third kappa shape index (κ3) is 2.58. The molecule has 94 valence electrons. The third-order valence-electron chi connectivity index (χ3n) is 4.12. The maximum atomic E-state index is 10.2. The van der Waals surface area contributed by atoms with Gasteiger partial charge in [-0.15, -0.1) is 0 Å². The van der Waals surface area contributed by atoms with Gasteiger partial charge in [0.1, 0.15) is 0 Å². The van der Waals surface area contributed by atoms with Gasteiger partial charge in [0.25, 0.3) is 0 Å². The number of aliphatic hydroxyl groups is 1. The van der Waals surface area contributed by atoms with Gasteiger partial charge in [0.05, 0.1) is 18.8 Å². The van der Waals surface area contributed by atoms with Gasteiger partial charge >= 0.3 is 0 Å². The van der Waals surface area contributed by atoms with Crippen molar-refractivity contribution >= 4 is 0 Å². The molecule has 3 heteroatoms. The van der Waals surface area contributed by atoms with Crippen LogP contribution in [0.15, 0.2) is 0 Å². The summed E-state index contributed by atoms with van der Waals surface area (Å²) >= 11 is 0. The first-order valence-electron chi connectivity index (χ1n) is 6.76. The summed E-state index contributed by atoms with van der Waals surface area (Å²) in [6, 6.07) is 0.630. The minimum atomic E-state index is -0.290. The van der Waals surface area contributed by atoms with Gasteiger partial charge in [-0.3, -0.25) is 4.90 Å². The lowest BCUT2D eigenvalue weighted by molar-refractivity contribution is -0.116. The van der Waals surface area contributed by atoms with E-state index < -0.39 is 0 Å². The Morgan fingerprint density at radius 3 is 3.06 bits per heavy atom. The fourth-order valence-corrected chi connectivity index (χ4v) is 3.04. The predicted octanol–water partition coefficient (Wildman–Crippen LogP) is 1.65. The van der Waals surface area contributed by atoms with Gasteiger partial charge in [-0.25, -0.2) is 0 Å². The highest BCUT2D eigenvalue weighted by Crippen LogP contribution is 2.26. The molecule has 4 atom stereocenters. The molecule has 0 amide bonds. The molecule has 0 saturated carbocycles. The van der Waals surface area contributed by atoms with E-state index >= 15 is 0 Å². The molecule has 0 radical (unpaired) electrons. The summed E-state index contributed by atoms with van der Waals surface area (Å²) in [5.74, 6) is 0.356. The van der Waals surface area contributed by atoms with E-state index in [4.69, 9.17) is 4.74 Å². The van der Waals surface area contributed by atoms with Crippen LogP contribution in [-0.4, -0.2) is 48.0 Å². The molecule has 4 unspecified atom stereocenters. The summed E-state index contributed by atoms with van der Waals surface area (Å²) in [4.78, 5) is 2.50. The average molecular weight is 227 g/mol. The van der Waals surface area contributed by atoms with Crippen molar-refractivity contribution in [1.82, 2.24) is 4.90 Å². The summed E-state index contributed by atoms with van der Waals surface area (Å²) in [6.07, 6.45) is 4.54. The highest BCUT2D eigenvalue weighted by molar-refractivity contribution is 4.88. The quantitative estimate of drug-likeness (QED) is 0.792. The minimum absolute atomic E-state index is 0.0379. The van der Waals surface area contributed by atoms with Crippen molar-refractivity contribution in [1.29, 1.82) is 0 Å². The summed E-state index contributed by atoms with van der Waals surface area (Å²) in [5, 5.41) is 10.2. The first-order chi connectivity index (χ1) is 7.72. The fourth-order valence-electron chi connectivity index (χ4n) is 3.04. The number of morpholine rings is 1. The van der Waals surface area contributed by atoms with Gasteiger partial charge in [0.2, 0.25) is 0 Å². The summed E-state index contributed by atoms with van der Waals surface area (Å²) in [7, 11) is 0. The Morgan fingerprint density at radius 2 is 2.31 bits per heavy atom. The van der Waals surface area contributed by atoms with Gasteiger partial charge in [-0.2, -0.15) is 0 Å². The van der Waals surface area contributed by atoms with Gasteiger partial charge in [-0.05, 0) is 31.7 Å². The smallest absolute Gasteiger partial charge is 0.0963 e. The van der Waals surface area contributed by atoms with Crippen LogP contribution in [0.25, 0.3) is 0 Å². The predicted molar refractivity (Wildman–Crippen MR) is 64.4 cm³/mol. The van der Waals surface area contributed by atoms with E-state index in [-0.39, 0.29) is 12.2 Å². The molecule has 0 aromatic heterocycles. The fraction of sp³-hybridized carbons (Fsp3) is 1.00. The van der Waals surface area contributed by atoms with E-state index in [0.29, 0.717) is 12.0 Å². The molecule has 2 fully saturated rings. The zero-order chi connectivity index (χ0) is 11.5. The molecule has 2 heterocycles. The van der Waals surface area contributed by atoms with E-state index in [1.165, 1.54) is 19.4 Å². The average Bonchev–Trinajstić information content (AvgIpc) is 2.75. The minimum Gasteiger partial charge on any atom is -0.390 e. The van der Waals surface area contributed by atoms with Gasteiger partial charge in [-0.1, -0.05) is 20.3 Å². The number of rotatable bonds is 4. The van der Waals surface area contributed by atoms with Gasteiger partial charge < -0.3 is 9.84 Å². The first kappa shape index (κ1) is 12.3. The number of ether oxygens (including phenoxy) is 1. The van der Waals surface area contributed by atoms with Crippen LogP contribution >= 0.6 is 0 Å². The van der Waals surface area contributed by atoms with Crippen LogP contribution in [0.3, 0.4) is 0 Å². The van der Waals surface area contributed by atoms with Crippen LogP contribution in [0.5, 0.6) is 0 Å². The maximum absolute atomic E-state index is 10.2. The normalized spacial score (nSPS) is 34.7. The van der Waals surface area contributed by atoms with E-state index in [0.717, 1.165) is 26.0 Å². The highest BCUT2D eigenvalue weighted by Gasteiger charge is 2.36. The zero-order valence-corrected chi connectivity index (χ0v) is 10.6. The molecule has 0 spiro atoms. The van der Waals surface area contributed by atoms with Crippen molar-refractivity contribution in [3.8, 4) is 0 Å². The monoisotopic (exact) mass is 227 g/mol. The molecule has 16 heavy (non-hydrogen) atoms. The van der Waals surface area contributed by atoms with Crippen LogP contribution in [0.1, 0.15) is 39.5 Å². The molecule has 2 aliphatic rings. The molecule has 0 bridgehead atoms. The molecule has 1 N–H and O–H groups in total. The second-order valence-electron chi connectivity index (χ2n) is 5.42. The van der Waals surface area contributed by atoms with Gasteiger partial charge in [0, 0.05) is 12.6 Å². The Hall–Kier alpha value is -0.120. The molecule has 0 aliphatic carbocycles. The number of nitrogens with zero attached hydrogens (tertiary/aromatic N) is 1. The summed E-state index contributed by atoms with van der Waals surface area (Å²) in [5.41, 5.74) is 0. The van der Waals surface area contributed by atoms with E-state index in [9.17, 15) is 5.11 Å². The topological polar surface area (TPSA) is 32.7 Å². The molecule has 0 aromatic carbocycles. The van der Waals surface area contributed by atoms with Crippen LogP contribution in [0, 0.1) is 5.92 Å². The number of fused-ring (bicyclic) bond motifs is 1. The van der Waals surface area contributed by atoms with Crippen molar-refractivity contribution in [3.05, 3.63) is 0 Å². The SMILES string of the molecule is CCCC(C)C(O)C1CN2CCCC2CO1.